The zero-order valence-electron chi connectivity index (χ0n) is 11.8. The first-order valence-electron chi connectivity index (χ1n) is 7.07. The third kappa shape index (κ3) is 3.59. The summed E-state index contributed by atoms with van der Waals surface area (Å²) >= 11 is 0. The zero-order chi connectivity index (χ0) is 13.0. The highest BCUT2D eigenvalue weighted by molar-refractivity contribution is 5.00. The maximum absolute atomic E-state index is 5.38. The van der Waals surface area contributed by atoms with E-state index in [4.69, 9.17) is 4.42 Å². The normalized spacial score (nSPS) is 24.9. The Morgan fingerprint density at radius 3 is 3.06 bits per heavy atom. The summed E-state index contributed by atoms with van der Waals surface area (Å²) in [5.74, 6) is 1.06. The Balaban J connectivity index is 1.76. The number of nitrogens with one attached hydrogen (secondary N) is 2. The van der Waals surface area contributed by atoms with Crippen molar-refractivity contribution in [3.63, 3.8) is 0 Å². The molecule has 0 aromatic carbocycles. The van der Waals surface area contributed by atoms with Crippen LogP contribution in [0.2, 0.25) is 0 Å². The maximum atomic E-state index is 5.38. The molecule has 2 atom stereocenters. The molecule has 1 aromatic heterocycles. The topological polar surface area (TPSA) is 37.2 Å². The molecule has 2 heterocycles. The van der Waals surface area contributed by atoms with E-state index < -0.39 is 0 Å². The first-order valence-corrected chi connectivity index (χ1v) is 7.07. The molecule has 0 amide bonds. The lowest BCUT2D eigenvalue weighted by Gasteiger charge is -2.40. The number of rotatable bonds is 5. The van der Waals surface area contributed by atoms with Crippen LogP contribution in [0.4, 0.5) is 0 Å². The van der Waals surface area contributed by atoms with Crippen LogP contribution < -0.4 is 10.6 Å². The largest absolute Gasteiger partial charge is 0.469 e. The molecule has 18 heavy (non-hydrogen) atoms. The highest BCUT2D eigenvalue weighted by atomic mass is 16.3. The van der Waals surface area contributed by atoms with Crippen LogP contribution in [0.1, 0.15) is 39.4 Å². The van der Waals surface area contributed by atoms with Crippen molar-refractivity contribution in [1.29, 1.82) is 0 Å². The van der Waals surface area contributed by atoms with Crippen molar-refractivity contribution in [2.24, 2.45) is 5.41 Å². The third-order valence-electron chi connectivity index (χ3n) is 4.09. The van der Waals surface area contributed by atoms with E-state index in [2.05, 4.69) is 31.4 Å². The van der Waals surface area contributed by atoms with Crippen LogP contribution in [0.3, 0.4) is 0 Å². The molecule has 3 heteroatoms. The molecule has 0 aliphatic carbocycles. The third-order valence-corrected chi connectivity index (χ3v) is 4.09. The van der Waals surface area contributed by atoms with Gasteiger partial charge in [-0.05, 0) is 43.9 Å². The minimum absolute atomic E-state index is 0.398. The molecule has 1 aliphatic rings. The summed E-state index contributed by atoms with van der Waals surface area (Å²) in [5.41, 5.74) is 0.398. The van der Waals surface area contributed by atoms with Gasteiger partial charge in [-0.3, -0.25) is 0 Å². The van der Waals surface area contributed by atoms with E-state index in [-0.39, 0.29) is 0 Å². The summed E-state index contributed by atoms with van der Waals surface area (Å²) in [4.78, 5) is 0. The van der Waals surface area contributed by atoms with Crippen LogP contribution in [-0.4, -0.2) is 25.2 Å². The minimum Gasteiger partial charge on any atom is -0.469 e. The van der Waals surface area contributed by atoms with E-state index in [1.54, 1.807) is 6.26 Å². The van der Waals surface area contributed by atoms with Gasteiger partial charge in [0.25, 0.3) is 0 Å². The lowest BCUT2D eigenvalue weighted by molar-refractivity contribution is 0.173. The van der Waals surface area contributed by atoms with Crippen LogP contribution in [0.25, 0.3) is 0 Å². The fourth-order valence-electron chi connectivity index (χ4n) is 2.74. The second-order valence-corrected chi connectivity index (χ2v) is 6.19. The Morgan fingerprint density at radius 1 is 1.56 bits per heavy atom. The molecule has 0 saturated carbocycles. The van der Waals surface area contributed by atoms with Crippen LogP contribution in [0.15, 0.2) is 22.8 Å². The molecule has 0 bridgehead atoms. The van der Waals surface area contributed by atoms with Gasteiger partial charge >= 0.3 is 0 Å². The predicted molar refractivity (Wildman–Crippen MR) is 74.7 cm³/mol. The summed E-state index contributed by atoms with van der Waals surface area (Å²) in [6, 6.07) is 5.02. The van der Waals surface area contributed by atoms with Crippen LogP contribution in [-0.2, 0) is 6.42 Å². The molecule has 0 spiro atoms. The van der Waals surface area contributed by atoms with Crippen molar-refractivity contribution < 1.29 is 4.42 Å². The SMILES string of the molecule is CC(Cc1ccco1)NCC1NCCCC1(C)C. The second-order valence-electron chi connectivity index (χ2n) is 6.19. The van der Waals surface area contributed by atoms with Crippen LogP contribution in [0, 0.1) is 5.41 Å². The quantitative estimate of drug-likeness (QED) is 0.843. The highest BCUT2D eigenvalue weighted by Crippen LogP contribution is 2.29. The van der Waals surface area contributed by atoms with Gasteiger partial charge in [-0.15, -0.1) is 0 Å². The monoisotopic (exact) mass is 250 g/mol. The number of hydrogen-bond acceptors (Lipinski definition) is 3. The molecule has 0 radical (unpaired) electrons. The van der Waals surface area contributed by atoms with Gasteiger partial charge < -0.3 is 15.1 Å². The zero-order valence-corrected chi connectivity index (χ0v) is 11.8. The van der Waals surface area contributed by atoms with Gasteiger partial charge in [0, 0.05) is 25.0 Å². The van der Waals surface area contributed by atoms with Gasteiger partial charge in [0.15, 0.2) is 0 Å². The van der Waals surface area contributed by atoms with Gasteiger partial charge in [0.2, 0.25) is 0 Å². The van der Waals surface area contributed by atoms with Crippen molar-refractivity contribution in [3.05, 3.63) is 24.2 Å². The van der Waals surface area contributed by atoms with Gasteiger partial charge in [-0.2, -0.15) is 0 Å². The maximum Gasteiger partial charge on any atom is 0.105 e. The summed E-state index contributed by atoms with van der Waals surface area (Å²) in [5, 5.41) is 7.26. The van der Waals surface area contributed by atoms with Gasteiger partial charge in [-0.25, -0.2) is 0 Å². The molecule has 102 valence electrons. The van der Waals surface area contributed by atoms with E-state index in [1.807, 2.05) is 12.1 Å². The Morgan fingerprint density at radius 2 is 2.39 bits per heavy atom. The standard InChI is InChI=1S/C15H26N2O/c1-12(10-13-6-4-9-18-13)17-11-14-15(2,3)7-5-8-16-14/h4,6,9,12,14,16-17H,5,7-8,10-11H2,1-3H3. The molecule has 2 rings (SSSR count). The lowest BCUT2D eigenvalue weighted by atomic mass is 9.77. The van der Waals surface area contributed by atoms with Gasteiger partial charge in [0.05, 0.1) is 6.26 Å². The smallest absolute Gasteiger partial charge is 0.105 e. The van der Waals surface area contributed by atoms with Crippen LogP contribution in [0.5, 0.6) is 0 Å². The second kappa shape index (κ2) is 5.89. The summed E-state index contributed by atoms with van der Waals surface area (Å²) in [6.45, 7) is 9.14. The summed E-state index contributed by atoms with van der Waals surface area (Å²) in [6.07, 6.45) is 5.32. The number of hydrogen-bond donors (Lipinski definition) is 2. The first-order chi connectivity index (χ1) is 8.58. The Kier molecular flexibility index (Phi) is 4.46. The molecule has 1 aliphatic heterocycles. The molecule has 1 aromatic rings. The lowest BCUT2D eigenvalue weighted by Crippen LogP contribution is -2.53. The fraction of sp³-hybridized carbons (Fsp3) is 0.733. The van der Waals surface area contributed by atoms with Crippen molar-refractivity contribution in [2.75, 3.05) is 13.1 Å². The number of piperidine rings is 1. The molecule has 1 saturated heterocycles. The first kappa shape index (κ1) is 13.6. The van der Waals surface area contributed by atoms with Crippen molar-refractivity contribution >= 4 is 0 Å². The summed E-state index contributed by atoms with van der Waals surface area (Å²) in [7, 11) is 0. The van der Waals surface area contributed by atoms with E-state index >= 15 is 0 Å². The van der Waals surface area contributed by atoms with E-state index in [1.165, 1.54) is 12.8 Å². The molecule has 3 nitrogen and oxygen atoms in total. The summed E-state index contributed by atoms with van der Waals surface area (Å²) < 4.78 is 5.38. The Labute approximate surface area is 110 Å². The highest BCUT2D eigenvalue weighted by Gasteiger charge is 2.31. The predicted octanol–water partition coefficient (Wildman–Crippen LogP) is 2.58. The van der Waals surface area contributed by atoms with E-state index in [0.29, 0.717) is 17.5 Å². The van der Waals surface area contributed by atoms with Crippen molar-refractivity contribution in [3.8, 4) is 0 Å². The average Bonchev–Trinajstić information content (AvgIpc) is 2.80. The number of furan rings is 1. The molecule has 2 N–H and O–H groups in total. The minimum atomic E-state index is 0.398. The van der Waals surface area contributed by atoms with Gasteiger partial charge in [-0.1, -0.05) is 13.8 Å². The van der Waals surface area contributed by atoms with Crippen molar-refractivity contribution in [1.82, 2.24) is 10.6 Å². The van der Waals surface area contributed by atoms with Crippen molar-refractivity contribution in [2.45, 2.75) is 52.1 Å². The average molecular weight is 250 g/mol. The van der Waals surface area contributed by atoms with Crippen LogP contribution >= 0.6 is 0 Å². The van der Waals surface area contributed by atoms with E-state index in [9.17, 15) is 0 Å². The van der Waals surface area contributed by atoms with E-state index in [0.717, 1.165) is 25.3 Å². The molecule has 2 unspecified atom stereocenters. The molecular formula is C15H26N2O. The molecular weight excluding hydrogens is 224 g/mol. The molecule has 1 fully saturated rings. The Hall–Kier alpha value is -0.800. The van der Waals surface area contributed by atoms with Gasteiger partial charge in [0.1, 0.15) is 5.76 Å². The Bertz CT molecular complexity index is 345. The fourth-order valence-corrected chi connectivity index (χ4v) is 2.74.